The zero-order valence-corrected chi connectivity index (χ0v) is 18.2. The molecule has 0 saturated carbocycles. The number of amides is 1. The van der Waals surface area contributed by atoms with E-state index in [1.165, 1.54) is 0 Å². The van der Waals surface area contributed by atoms with Crippen LogP contribution in [0, 0.1) is 0 Å². The standard InChI is InChI=1S/C25H22N6O2/c1-16-21(24(32)28-17-10-4-3-5-11-17)22(19-13-8-9-15-26-19)31-25(27-16)29-23(30-31)18-12-6-7-14-20(18)33-2/h3-15,22H,1-2H3,(H,28,32)(H,27,29,30). The van der Waals surface area contributed by atoms with Gasteiger partial charge in [-0.15, -0.1) is 5.10 Å². The molecule has 1 aliphatic rings. The number of carbonyl (C=O) groups is 1. The summed E-state index contributed by atoms with van der Waals surface area (Å²) in [5.41, 5.74) is 3.36. The fraction of sp³-hybridized carbons (Fsp3) is 0.120. The fourth-order valence-corrected chi connectivity index (χ4v) is 3.92. The molecule has 1 atom stereocenters. The van der Waals surface area contributed by atoms with E-state index in [9.17, 15) is 4.79 Å². The molecule has 0 radical (unpaired) electrons. The Bertz CT molecular complexity index is 1330. The molecule has 1 amide bonds. The molecule has 0 spiro atoms. The van der Waals surface area contributed by atoms with Crippen molar-refractivity contribution in [1.29, 1.82) is 0 Å². The van der Waals surface area contributed by atoms with Gasteiger partial charge >= 0.3 is 0 Å². The smallest absolute Gasteiger partial charge is 0.255 e. The number of nitrogens with one attached hydrogen (secondary N) is 2. The van der Waals surface area contributed by atoms with Gasteiger partial charge in [0.25, 0.3) is 5.91 Å². The number of methoxy groups -OCH3 is 1. The molecule has 1 aliphatic heterocycles. The van der Waals surface area contributed by atoms with Crippen molar-refractivity contribution in [3.8, 4) is 17.1 Å². The van der Waals surface area contributed by atoms with E-state index >= 15 is 0 Å². The Balaban J connectivity index is 1.61. The van der Waals surface area contributed by atoms with Crippen molar-refractivity contribution in [2.24, 2.45) is 0 Å². The van der Waals surface area contributed by atoms with Gasteiger partial charge in [0.2, 0.25) is 5.95 Å². The van der Waals surface area contributed by atoms with E-state index in [0.717, 1.165) is 5.56 Å². The van der Waals surface area contributed by atoms with Crippen LogP contribution in [0.15, 0.2) is 90.3 Å². The van der Waals surface area contributed by atoms with Gasteiger partial charge < -0.3 is 15.4 Å². The highest BCUT2D eigenvalue weighted by Gasteiger charge is 2.35. The van der Waals surface area contributed by atoms with Crippen molar-refractivity contribution in [2.75, 3.05) is 17.7 Å². The number of pyridine rings is 1. The number of hydrogen-bond donors (Lipinski definition) is 2. The van der Waals surface area contributed by atoms with E-state index < -0.39 is 6.04 Å². The van der Waals surface area contributed by atoms with Gasteiger partial charge in [-0.05, 0) is 43.3 Å². The Hall–Kier alpha value is -4.46. The molecule has 3 heterocycles. The second-order valence-corrected chi connectivity index (χ2v) is 7.54. The largest absolute Gasteiger partial charge is 0.496 e. The average Bonchev–Trinajstić information content (AvgIpc) is 3.27. The molecule has 1 unspecified atom stereocenters. The lowest BCUT2D eigenvalue weighted by Crippen LogP contribution is -2.32. The molecule has 0 aliphatic carbocycles. The van der Waals surface area contributed by atoms with Gasteiger partial charge in [0.15, 0.2) is 5.82 Å². The molecule has 2 aromatic carbocycles. The number of carbonyl (C=O) groups excluding carboxylic acids is 1. The number of aromatic nitrogens is 4. The van der Waals surface area contributed by atoms with E-state index in [2.05, 4.69) is 15.6 Å². The number of nitrogens with zero attached hydrogens (tertiary/aromatic N) is 4. The Labute approximate surface area is 191 Å². The summed E-state index contributed by atoms with van der Waals surface area (Å²) in [5.74, 6) is 1.46. The molecular weight excluding hydrogens is 416 g/mol. The highest BCUT2D eigenvalue weighted by atomic mass is 16.5. The van der Waals surface area contributed by atoms with Crippen LogP contribution in [0.2, 0.25) is 0 Å². The van der Waals surface area contributed by atoms with Crippen LogP contribution in [0.3, 0.4) is 0 Å². The van der Waals surface area contributed by atoms with Crippen molar-refractivity contribution >= 4 is 17.5 Å². The van der Waals surface area contributed by atoms with Gasteiger partial charge in [-0.3, -0.25) is 9.78 Å². The minimum absolute atomic E-state index is 0.234. The van der Waals surface area contributed by atoms with Crippen LogP contribution < -0.4 is 15.4 Å². The minimum atomic E-state index is -0.554. The van der Waals surface area contributed by atoms with Crippen molar-refractivity contribution in [3.05, 3.63) is 96.0 Å². The summed E-state index contributed by atoms with van der Waals surface area (Å²) in [5, 5.41) is 11.0. The quantitative estimate of drug-likeness (QED) is 0.483. The summed E-state index contributed by atoms with van der Waals surface area (Å²) in [4.78, 5) is 22.7. The SMILES string of the molecule is COc1ccccc1-c1nc2n(n1)C(c1ccccn1)C(C(=O)Nc1ccccc1)=C(C)N2. The molecule has 164 valence electrons. The molecule has 33 heavy (non-hydrogen) atoms. The van der Waals surface area contributed by atoms with E-state index in [0.29, 0.717) is 40.2 Å². The normalized spacial score (nSPS) is 14.9. The molecule has 4 aromatic rings. The lowest BCUT2D eigenvalue weighted by molar-refractivity contribution is -0.113. The van der Waals surface area contributed by atoms with Gasteiger partial charge in [-0.25, -0.2) is 4.68 Å². The molecule has 0 saturated heterocycles. The summed E-state index contributed by atoms with van der Waals surface area (Å²) in [7, 11) is 1.61. The number of hydrogen-bond acceptors (Lipinski definition) is 6. The van der Waals surface area contributed by atoms with Crippen LogP contribution in [-0.2, 0) is 4.79 Å². The zero-order valence-electron chi connectivity index (χ0n) is 18.2. The summed E-state index contributed by atoms with van der Waals surface area (Å²) in [6.07, 6.45) is 1.71. The van der Waals surface area contributed by atoms with Gasteiger partial charge in [0.1, 0.15) is 11.8 Å². The monoisotopic (exact) mass is 438 g/mol. The van der Waals surface area contributed by atoms with E-state index in [1.54, 1.807) is 18.0 Å². The van der Waals surface area contributed by atoms with Crippen molar-refractivity contribution < 1.29 is 9.53 Å². The van der Waals surface area contributed by atoms with E-state index in [-0.39, 0.29) is 5.91 Å². The Morgan fingerprint density at radius 1 is 1.03 bits per heavy atom. The third kappa shape index (κ3) is 3.82. The maximum Gasteiger partial charge on any atom is 0.255 e. The highest BCUT2D eigenvalue weighted by Crippen LogP contribution is 2.37. The van der Waals surface area contributed by atoms with Crippen LogP contribution in [-0.4, -0.2) is 32.8 Å². The first-order valence-corrected chi connectivity index (χ1v) is 10.5. The van der Waals surface area contributed by atoms with E-state index in [4.69, 9.17) is 14.8 Å². The molecule has 2 aromatic heterocycles. The number of para-hydroxylation sites is 2. The maximum absolute atomic E-state index is 13.4. The topological polar surface area (TPSA) is 94.0 Å². The second-order valence-electron chi connectivity index (χ2n) is 7.54. The maximum atomic E-state index is 13.4. The number of rotatable bonds is 5. The van der Waals surface area contributed by atoms with Gasteiger partial charge in [0, 0.05) is 17.6 Å². The minimum Gasteiger partial charge on any atom is -0.496 e. The number of fused-ring (bicyclic) bond motifs is 1. The first-order valence-electron chi connectivity index (χ1n) is 10.5. The van der Waals surface area contributed by atoms with Gasteiger partial charge in [0.05, 0.1) is 23.9 Å². The Morgan fingerprint density at radius 2 is 1.79 bits per heavy atom. The molecular formula is C25H22N6O2. The fourth-order valence-electron chi connectivity index (χ4n) is 3.92. The average molecular weight is 438 g/mol. The van der Waals surface area contributed by atoms with Crippen molar-refractivity contribution in [1.82, 2.24) is 19.7 Å². The summed E-state index contributed by atoms with van der Waals surface area (Å²) in [6, 6.07) is 22.0. The third-order valence-electron chi connectivity index (χ3n) is 5.44. The summed E-state index contributed by atoms with van der Waals surface area (Å²) in [6.45, 7) is 1.86. The second kappa shape index (κ2) is 8.58. The first-order chi connectivity index (χ1) is 16.2. The lowest BCUT2D eigenvalue weighted by Gasteiger charge is -2.28. The highest BCUT2D eigenvalue weighted by molar-refractivity contribution is 6.05. The predicted octanol–water partition coefficient (Wildman–Crippen LogP) is 4.28. The van der Waals surface area contributed by atoms with Crippen LogP contribution in [0.4, 0.5) is 11.6 Å². The van der Waals surface area contributed by atoms with Crippen LogP contribution in [0.25, 0.3) is 11.4 Å². The van der Waals surface area contributed by atoms with Gasteiger partial charge in [-0.2, -0.15) is 4.98 Å². The zero-order chi connectivity index (χ0) is 22.8. The van der Waals surface area contributed by atoms with Crippen LogP contribution >= 0.6 is 0 Å². The summed E-state index contributed by atoms with van der Waals surface area (Å²) < 4.78 is 7.20. The third-order valence-corrected chi connectivity index (χ3v) is 5.44. The molecule has 0 bridgehead atoms. The predicted molar refractivity (Wildman–Crippen MR) is 126 cm³/mol. The number of allylic oxidation sites excluding steroid dienone is 1. The van der Waals surface area contributed by atoms with Crippen LogP contribution in [0.5, 0.6) is 5.75 Å². The number of benzene rings is 2. The first kappa shape index (κ1) is 20.4. The van der Waals surface area contributed by atoms with Gasteiger partial charge in [-0.1, -0.05) is 36.4 Å². The Morgan fingerprint density at radius 3 is 2.55 bits per heavy atom. The van der Waals surface area contributed by atoms with Crippen LogP contribution in [0.1, 0.15) is 18.7 Å². The van der Waals surface area contributed by atoms with Crippen molar-refractivity contribution in [3.63, 3.8) is 0 Å². The Kier molecular flexibility index (Phi) is 5.32. The number of ether oxygens (including phenoxy) is 1. The molecule has 8 heteroatoms. The van der Waals surface area contributed by atoms with Crippen molar-refractivity contribution in [2.45, 2.75) is 13.0 Å². The molecule has 5 rings (SSSR count). The molecule has 0 fully saturated rings. The van der Waals surface area contributed by atoms with E-state index in [1.807, 2.05) is 79.7 Å². The molecule has 2 N–H and O–H groups in total. The lowest BCUT2D eigenvalue weighted by atomic mass is 9.98. The number of anilines is 2. The molecule has 8 nitrogen and oxygen atoms in total. The summed E-state index contributed by atoms with van der Waals surface area (Å²) >= 11 is 0.